The van der Waals surface area contributed by atoms with Gasteiger partial charge in [-0.3, -0.25) is 0 Å². The van der Waals surface area contributed by atoms with Crippen molar-refractivity contribution < 1.29 is 0 Å². The van der Waals surface area contributed by atoms with Crippen LogP contribution in [0.2, 0.25) is 0 Å². The van der Waals surface area contributed by atoms with Gasteiger partial charge in [0.15, 0.2) is 0 Å². The standard InChI is InChI=1S/C13H16N4S/c1-18-13(4-5-13)8-17-9-15-7-11(17)10-3-2-6-16-12(10)14/h2-3,6-7,9H,4-5,8H2,1H3,(H2,14,16). The molecule has 0 aromatic carbocycles. The summed E-state index contributed by atoms with van der Waals surface area (Å²) in [4.78, 5) is 8.40. The molecule has 2 heterocycles. The van der Waals surface area contributed by atoms with E-state index in [1.54, 1.807) is 6.20 Å². The molecule has 0 spiro atoms. The average Bonchev–Trinajstić information content (AvgIpc) is 3.01. The molecule has 94 valence electrons. The van der Waals surface area contributed by atoms with E-state index in [-0.39, 0.29) is 0 Å². The van der Waals surface area contributed by atoms with Crippen LogP contribution in [0.15, 0.2) is 30.9 Å². The highest BCUT2D eigenvalue weighted by molar-refractivity contribution is 8.00. The zero-order chi connectivity index (χ0) is 12.6. The predicted octanol–water partition coefficient (Wildman–Crippen LogP) is 2.42. The lowest BCUT2D eigenvalue weighted by Gasteiger charge is -2.15. The maximum Gasteiger partial charge on any atom is 0.132 e. The maximum atomic E-state index is 5.94. The van der Waals surface area contributed by atoms with Crippen LogP contribution < -0.4 is 5.73 Å². The van der Waals surface area contributed by atoms with Gasteiger partial charge in [-0.1, -0.05) is 0 Å². The van der Waals surface area contributed by atoms with E-state index in [0.29, 0.717) is 10.6 Å². The smallest absolute Gasteiger partial charge is 0.132 e. The zero-order valence-corrected chi connectivity index (χ0v) is 11.2. The van der Waals surface area contributed by atoms with E-state index in [0.717, 1.165) is 17.8 Å². The second-order valence-electron chi connectivity index (χ2n) is 4.73. The summed E-state index contributed by atoms with van der Waals surface area (Å²) in [7, 11) is 0. The minimum Gasteiger partial charge on any atom is -0.383 e. The second-order valence-corrected chi connectivity index (χ2v) is 6.00. The van der Waals surface area contributed by atoms with Gasteiger partial charge in [0.25, 0.3) is 0 Å². The summed E-state index contributed by atoms with van der Waals surface area (Å²) in [5, 5.41) is 0. The number of nitrogens with two attached hydrogens (primary N) is 1. The number of pyridine rings is 1. The van der Waals surface area contributed by atoms with Gasteiger partial charge in [-0.05, 0) is 31.2 Å². The number of nitrogens with zero attached hydrogens (tertiary/aromatic N) is 3. The minimum absolute atomic E-state index is 0.409. The van der Waals surface area contributed by atoms with Crippen molar-refractivity contribution in [3.8, 4) is 11.3 Å². The Morgan fingerprint density at radius 3 is 3.00 bits per heavy atom. The molecule has 2 N–H and O–H groups in total. The molecule has 0 aliphatic heterocycles. The van der Waals surface area contributed by atoms with Crippen molar-refractivity contribution in [2.45, 2.75) is 24.1 Å². The van der Waals surface area contributed by atoms with Crippen LogP contribution in [0.3, 0.4) is 0 Å². The molecule has 5 heteroatoms. The van der Waals surface area contributed by atoms with Gasteiger partial charge in [-0.25, -0.2) is 9.97 Å². The van der Waals surface area contributed by atoms with Crippen LogP contribution in [0.4, 0.5) is 5.82 Å². The first-order chi connectivity index (χ1) is 8.74. The highest BCUT2D eigenvalue weighted by Crippen LogP contribution is 2.48. The Bertz CT molecular complexity index is 560. The largest absolute Gasteiger partial charge is 0.383 e. The van der Waals surface area contributed by atoms with E-state index in [2.05, 4.69) is 20.8 Å². The topological polar surface area (TPSA) is 56.7 Å². The second kappa shape index (κ2) is 4.31. The molecule has 1 aliphatic rings. The zero-order valence-electron chi connectivity index (χ0n) is 10.3. The normalized spacial score (nSPS) is 16.7. The number of hydrogen-bond acceptors (Lipinski definition) is 4. The van der Waals surface area contributed by atoms with Gasteiger partial charge < -0.3 is 10.3 Å². The molecule has 0 saturated heterocycles. The number of imidazole rings is 1. The third-order valence-corrected chi connectivity index (χ3v) is 4.93. The molecule has 0 bridgehead atoms. The van der Waals surface area contributed by atoms with Gasteiger partial charge in [0.05, 0.1) is 18.2 Å². The van der Waals surface area contributed by atoms with Crippen LogP contribution in [0.1, 0.15) is 12.8 Å². The number of anilines is 1. The molecule has 1 fully saturated rings. The van der Waals surface area contributed by atoms with E-state index in [1.165, 1.54) is 12.8 Å². The van der Waals surface area contributed by atoms with Crippen LogP contribution >= 0.6 is 11.8 Å². The third-order valence-electron chi connectivity index (χ3n) is 3.53. The fourth-order valence-corrected chi connectivity index (χ4v) is 2.96. The molecule has 2 aromatic rings. The highest BCUT2D eigenvalue weighted by Gasteiger charge is 2.42. The monoisotopic (exact) mass is 260 g/mol. The van der Waals surface area contributed by atoms with Gasteiger partial charge in [0, 0.05) is 23.1 Å². The third kappa shape index (κ3) is 1.99. The van der Waals surface area contributed by atoms with Crippen molar-refractivity contribution in [3.63, 3.8) is 0 Å². The van der Waals surface area contributed by atoms with Crippen molar-refractivity contribution in [1.82, 2.24) is 14.5 Å². The first-order valence-electron chi connectivity index (χ1n) is 6.00. The molecule has 0 radical (unpaired) electrons. The number of nitrogen functional groups attached to an aromatic ring is 1. The van der Waals surface area contributed by atoms with E-state index in [9.17, 15) is 0 Å². The molecule has 0 atom stereocenters. The minimum atomic E-state index is 0.409. The lowest BCUT2D eigenvalue weighted by atomic mass is 10.2. The summed E-state index contributed by atoms with van der Waals surface area (Å²) in [5.41, 5.74) is 7.96. The predicted molar refractivity (Wildman–Crippen MR) is 75.4 cm³/mol. The van der Waals surface area contributed by atoms with Gasteiger partial charge in [-0.15, -0.1) is 0 Å². The Hall–Kier alpha value is -1.49. The quantitative estimate of drug-likeness (QED) is 0.917. The van der Waals surface area contributed by atoms with Crippen molar-refractivity contribution in [2.24, 2.45) is 0 Å². The number of thioether (sulfide) groups is 1. The molecule has 3 rings (SSSR count). The molecule has 4 nitrogen and oxygen atoms in total. The van der Waals surface area contributed by atoms with Crippen LogP contribution in [-0.2, 0) is 6.54 Å². The molecular formula is C13H16N4S. The van der Waals surface area contributed by atoms with Crippen LogP contribution in [0.25, 0.3) is 11.3 Å². The lowest BCUT2D eigenvalue weighted by molar-refractivity contribution is 0.666. The van der Waals surface area contributed by atoms with Crippen LogP contribution in [0, 0.1) is 0 Å². The first-order valence-corrected chi connectivity index (χ1v) is 7.23. The Labute approximate surface area is 111 Å². The highest BCUT2D eigenvalue weighted by atomic mass is 32.2. The van der Waals surface area contributed by atoms with E-state index in [1.807, 2.05) is 36.4 Å². The molecule has 0 amide bonds. The van der Waals surface area contributed by atoms with Gasteiger partial charge in [0.1, 0.15) is 5.82 Å². The molecule has 18 heavy (non-hydrogen) atoms. The first kappa shape index (κ1) is 11.6. The summed E-state index contributed by atoms with van der Waals surface area (Å²) in [5.74, 6) is 0.563. The van der Waals surface area contributed by atoms with Crippen molar-refractivity contribution >= 4 is 17.6 Å². The molecule has 0 unspecified atom stereocenters. The van der Waals surface area contributed by atoms with Crippen molar-refractivity contribution in [2.75, 3.05) is 12.0 Å². The Balaban J connectivity index is 1.95. The van der Waals surface area contributed by atoms with Gasteiger partial charge in [-0.2, -0.15) is 11.8 Å². The summed E-state index contributed by atoms with van der Waals surface area (Å²) in [6, 6.07) is 3.90. The summed E-state index contributed by atoms with van der Waals surface area (Å²) >= 11 is 1.95. The van der Waals surface area contributed by atoms with E-state index >= 15 is 0 Å². The van der Waals surface area contributed by atoms with E-state index < -0.39 is 0 Å². The molecular weight excluding hydrogens is 244 g/mol. The molecule has 2 aromatic heterocycles. The number of aromatic nitrogens is 3. The molecule has 1 aliphatic carbocycles. The molecule has 1 saturated carbocycles. The Morgan fingerprint density at radius 2 is 2.33 bits per heavy atom. The van der Waals surface area contributed by atoms with Crippen molar-refractivity contribution in [1.29, 1.82) is 0 Å². The summed E-state index contributed by atoms with van der Waals surface area (Å²) < 4.78 is 2.60. The Kier molecular flexibility index (Phi) is 2.78. The van der Waals surface area contributed by atoms with E-state index in [4.69, 9.17) is 5.73 Å². The van der Waals surface area contributed by atoms with Gasteiger partial charge in [0.2, 0.25) is 0 Å². The SMILES string of the molecule is CSC1(Cn2cncc2-c2cccnc2N)CC1. The Morgan fingerprint density at radius 1 is 1.50 bits per heavy atom. The van der Waals surface area contributed by atoms with Crippen LogP contribution in [-0.4, -0.2) is 25.5 Å². The fraction of sp³-hybridized carbons (Fsp3) is 0.385. The lowest BCUT2D eigenvalue weighted by Crippen LogP contribution is -2.14. The fourth-order valence-electron chi connectivity index (χ4n) is 2.18. The number of rotatable bonds is 4. The van der Waals surface area contributed by atoms with Crippen LogP contribution in [0.5, 0.6) is 0 Å². The average molecular weight is 260 g/mol. The van der Waals surface area contributed by atoms with Gasteiger partial charge >= 0.3 is 0 Å². The summed E-state index contributed by atoms with van der Waals surface area (Å²) in [6.07, 6.45) is 10.2. The maximum absolute atomic E-state index is 5.94. The number of hydrogen-bond donors (Lipinski definition) is 1. The summed E-state index contributed by atoms with van der Waals surface area (Å²) in [6.45, 7) is 0.998. The van der Waals surface area contributed by atoms with Crippen molar-refractivity contribution in [3.05, 3.63) is 30.9 Å².